The molecule has 0 aliphatic carbocycles. The Labute approximate surface area is 55.4 Å². The minimum Gasteiger partial charge on any atom is -0.383 e. The summed E-state index contributed by atoms with van der Waals surface area (Å²) >= 11 is 0. The Morgan fingerprint density at radius 2 is 2.44 bits per heavy atom. The first-order valence-electron chi connectivity index (χ1n) is 2.86. The number of nitrogens with one attached hydrogen (secondary N) is 1. The molecule has 0 saturated carbocycles. The Bertz CT molecular complexity index is 83.1. The minimum absolute atomic E-state index is 0.0351. The first kappa shape index (κ1) is 8.43. The van der Waals surface area contributed by atoms with Gasteiger partial charge in [0.05, 0.1) is 6.61 Å². The predicted molar refractivity (Wildman–Crippen MR) is 34.9 cm³/mol. The second kappa shape index (κ2) is 5.56. The van der Waals surface area contributed by atoms with Gasteiger partial charge in [-0.2, -0.15) is 0 Å². The summed E-state index contributed by atoms with van der Waals surface area (Å²) in [7, 11) is 1.59. The molecule has 0 heterocycles. The fraction of sp³-hybridized carbons (Fsp3) is 0.667. The van der Waals surface area contributed by atoms with Crippen LogP contribution in [0.15, 0.2) is 0 Å². The lowest BCUT2D eigenvalue weighted by atomic mass is 10.4. The highest BCUT2D eigenvalue weighted by Crippen LogP contribution is 1.72. The molecule has 3 nitrogen and oxygen atoms in total. The average molecular weight is 130 g/mol. The van der Waals surface area contributed by atoms with Crippen LogP contribution in [0, 0.1) is 6.92 Å². The highest BCUT2D eigenvalue weighted by atomic mass is 16.5. The quantitative estimate of drug-likeness (QED) is 0.543. The molecule has 0 aliphatic rings. The zero-order valence-electron chi connectivity index (χ0n) is 5.64. The lowest BCUT2D eigenvalue weighted by Gasteiger charge is -1.99. The van der Waals surface area contributed by atoms with Crippen molar-refractivity contribution in [1.29, 1.82) is 0 Å². The molecule has 0 saturated heterocycles. The van der Waals surface area contributed by atoms with E-state index in [9.17, 15) is 4.79 Å². The van der Waals surface area contributed by atoms with Gasteiger partial charge in [-0.1, -0.05) is 0 Å². The SMILES string of the molecule is [CH2]CC(=O)NCCOC. The third kappa shape index (κ3) is 5.30. The molecule has 0 unspecified atom stereocenters. The molecule has 3 heteroatoms. The van der Waals surface area contributed by atoms with E-state index in [1.54, 1.807) is 7.11 Å². The van der Waals surface area contributed by atoms with Gasteiger partial charge in [0.25, 0.3) is 0 Å². The zero-order chi connectivity index (χ0) is 7.11. The molecule has 0 aromatic heterocycles. The summed E-state index contributed by atoms with van der Waals surface area (Å²) in [5.41, 5.74) is 0. The van der Waals surface area contributed by atoms with Crippen LogP contribution in [0.5, 0.6) is 0 Å². The topological polar surface area (TPSA) is 38.3 Å². The van der Waals surface area contributed by atoms with Crippen molar-refractivity contribution in [3.05, 3.63) is 6.92 Å². The number of carbonyl (C=O) groups is 1. The third-order valence-electron chi connectivity index (χ3n) is 0.855. The van der Waals surface area contributed by atoms with Crippen LogP contribution >= 0.6 is 0 Å². The fourth-order valence-electron chi connectivity index (χ4n) is 0.381. The lowest BCUT2D eigenvalue weighted by molar-refractivity contribution is -0.120. The van der Waals surface area contributed by atoms with Crippen LogP contribution in [0.25, 0.3) is 0 Å². The largest absolute Gasteiger partial charge is 0.383 e. The second-order valence-electron chi connectivity index (χ2n) is 1.59. The van der Waals surface area contributed by atoms with Crippen molar-refractivity contribution in [2.75, 3.05) is 20.3 Å². The Hall–Kier alpha value is -0.570. The van der Waals surface area contributed by atoms with Gasteiger partial charge in [-0.3, -0.25) is 4.79 Å². The van der Waals surface area contributed by atoms with Crippen LogP contribution in [0.1, 0.15) is 6.42 Å². The summed E-state index contributed by atoms with van der Waals surface area (Å²) in [4.78, 5) is 10.5. The van der Waals surface area contributed by atoms with Crippen molar-refractivity contribution in [3.8, 4) is 0 Å². The van der Waals surface area contributed by atoms with Gasteiger partial charge in [0.2, 0.25) is 5.91 Å². The van der Waals surface area contributed by atoms with Crippen LogP contribution in [0.4, 0.5) is 0 Å². The number of methoxy groups -OCH3 is 1. The number of carbonyl (C=O) groups excluding carboxylic acids is 1. The van der Waals surface area contributed by atoms with Gasteiger partial charge in [0, 0.05) is 20.1 Å². The molecule has 0 atom stereocenters. The molecule has 1 amide bonds. The van der Waals surface area contributed by atoms with Gasteiger partial charge >= 0.3 is 0 Å². The van der Waals surface area contributed by atoms with E-state index in [4.69, 9.17) is 4.74 Å². The first-order chi connectivity index (χ1) is 4.31. The number of amides is 1. The highest BCUT2D eigenvalue weighted by Gasteiger charge is 1.92. The summed E-state index contributed by atoms with van der Waals surface area (Å²) < 4.78 is 4.70. The molecule has 0 spiro atoms. The van der Waals surface area contributed by atoms with E-state index in [0.29, 0.717) is 19.6 Å². The number of hydrogen-bond acceptors (Lipinski definition) is 2. The van der Waals surface area contributed by atoms with Crippen LogP contribution in [-0.2, 0) is 9.53 Å². The number of rotatable bonds is 4. The molecule has 1 N–H and O–H groups in total. The van der Waals surface area contributed by atoms with E-state index < -0.39 is 0 Å². The molecular weight excluding hydrogens is 118 g/mol. The number of hydrogen-bond donors (Lipinski definition) is 1. The maximum Gasteiger partial charge on any atom is 0.220 e. The first-order valence-corrected chi connectivity index (χ1v) is 2.86. The molecule has 53 valence electrons. The van der Waals surface area contributed by atoms with Crippen molar-refractivity contribution in [2.24, 2.45) is 0 Å². The summed E-state index contributed by atoms with van der Waals surface area (Å²) in [6, 6.07) is 0. The second-order valence-corrected chi connectivity index (χ2v) is 1.59. The van der Waals surface area contributed by atoms with Crippen molar-refractivity contribution >= 4 is 5.91 Å². The van der Waals surface area contributed by atoms with Crippen molar-refractivity contribution in [2.45, 2.75) is 6.42 Å². The van der Waals surface area contributed by atoms with E-state index in [1.807, 2.05) is 0 Å². The average Bonchev–Trinajstić information content (AvgIpc) is 1.89. The molecule has 0 bridgehead atoms. The van der Waals surface area contributed by atoms with E-state index in [1.165, 1.54) is 0 Å². The summed E-state index contributed by atoms with van der Waals surface area (Å²) in [6.07, 6.45) is 0.295. The molecule has 0 fully saturated rings. The molecule has 0 aromatic rings. The Kier molecular flexibility index (Phi) is 5.21. The minimum atomic E-state index is -0.0351. The molecule has 9 heavy (non-hydrogen) atoms. The van der Waals surface area contributed by atoms with Gasteiger partial charge in [0.15, 0.2) is 0 Å². The smallest absolute Gasteiger partial charge is 0.220 e. The fourth-order valence-corrected chi connectivity index (χ4v) is 0.381. The summed E-state index contributed by atoms with van der Waals surface area (Å²) in [5, 5.41) is 2.61. The zero-order valence-corrected chi connectivity index (χ0v) is 5.64. The Morgan fingerprint density at radius 3 is 2.89 bits per heavy atom. The molecule has 1 radical (unpaired) electrons. The summed E-state index contributed by atoms with van der Waals surface area (Å²) in [6.45, 7) is 4.55. The standard InChI is InChI=1S/C6H12NO2/c1-3-6(8)7-4-5-9-2/h1,3-5H2,2H3,(H,7,8). The maximum absolute atomic E-state index is 10.5. The third-order valence-corrected chi connectivity index (χ3v) is 0.855. The van der Waals surface area contributed by atoms with Crippen LogP contribution in [-0.4, -0.2) is 26.2 Å². The summed E-state index contributed by atoms with van der Waals surface area (Å²) in [5.74, 6) is -0.0351. The Morgan fingerprint density at radius 1 is 1.78 bits per heavy atom. The van der Waals surface area contributed by atoms with Gasteiger partial charge in [-0.05, 0) is 6.92 Å². The van der Waals surface area contributed by atoms with Gasteiger partial charge in [-0.15, -0.1) is 0 Å². The molecular formula is C6H12NO2. The van der Waals surface area contributed by atoms with Crippen LogP contribution in [0.3, 0.4) is 0 Å². The number of ether oxygens (including phenoxy) is 1. The molecule has 0 rings (SSSR count). The van der Waals surface area contributed by atoms with E-state index in [0.717, 1.165) is 0 Å². The van der Waals surface area contributed by atoms with Crippen molar-refractivity contribution in [1.82, 2.24) is 5.32 Å². The predicted octanol–water partition coefficient (Wildman–Crippen LogP) is -0.0268. The molecule has 0 aliphatic heterocycles. The van der Waals surface area contributed by atoms with Crippen LogP contribution in [0.2, 0.25) is 0 Å². The lowest BCUT2D eigenvalue weighted by Crippen LogP contribution is -2.25. The normalized spacial score (nSPS) is 9.11. The maximum atomic E-state index is 10.5. The van der Waals surface area contributed by atoms with E-state index >= 15 is 0 Å². The highest BCUT2D eigenvalue weighted by molar-refractivity contribution is 5.76. The molecule has 0 aromatic carbocycles. The van der Waals surface area contributed by atoms with Gasteiger partial charge in [0.1, 0.15) is 0 Å². The van der Waals surface area contributed by atoms with Crippen LogP contribution < -0.4 is 5.32 Å². The van der Waals surface area contributed by atoms with Gasteiger partial charge in [-0.25, -0.2) is 0 Å². The van der Waals surface area contributed by atoms with E-state index in [-0.39, 0.29) is 5.91 Å². The van der Waals surface area contributed by atoms with E-state index in [2.05, 4.69) is 12.2 Å². The van der Waals surface area contributed by atoms with Crippen molar-refractivity contribution in [3.63, 3.8) is 0 Å². The van der Waals surface area contributed by atoms with Gasteiger partial charge < -0.3 is 10.1 Å². The Balaban J connectivity index is 2.97. The monoisotopic (exact) mass is 130 g/mol. The van der Waals surface area contributed by atoms with Crippen molar-refractivity contribution < 1.29 is 9.53 Å².